The molecule has 0 heterocycles. The SMILES string of the molecule is C=C(C)C(C)C.CN=C(C)C. The molecule has 0 aliphatic rings. The van der Waals surface area contributed by atoms with Crippen molar-refractivity contribution in [3.63, 3.8) is 0 Å². The number of rotatable bonds is 1. The van der Waals surface area contributed by atoms with Gasteiger partial charge in [-0.15, -0.1) is 0 Å². The third-order valence-electron chi connectivity index (χ3n) is 1.43. The van der Waals surface area contributed by atoms with Crippen LogP contribution in [0.5, 0.6) is 0 Å². The molecule has 66 valence electrons. The minimum Gasteiger partial charge on any atom is -0.298 e. The molecule has 0 aromatic heterocycles. The molecule has 0 unspecified atom stereocenters. The van der Waals surface area contributed by atoms with Gasteiger partial charge >= 0.3 is 0 Å². The monoisotopic (exact) mass is 155 g/mol. The molecule has 1 nitrogen and oxygen atoms in total. The lowest BCUT2D eigenvalue weighted by molar-refractivity contribution is 0.773. The van der Waals surface area contributed by atoms with E-state index in [2.05, 4.69) is 25.4 Å². The van der Waals surface area contributed by atoms with Crippen LogP contribution < -0.4 is 0 Å². The summed E-state index contributed by atoms with van der Waals surface area (Å²) in [7, 11) is 1.79. The summed E-state index contributed by atoms with van der Waals surface area (Å²) in [6.07, 6.45) is 0. The van der Waals surface area contributed by atoms with Gasteiger partial charge in [-0.1, -0.05) is 26.0 Å². The summed E-state index contributed by atoms with van der Waals surface area (Å²) in [5.74, 6) is 0.657. The lowest BCUT2D eigenvalue weighted by Gasteiger charge is -1.97. The van der Waals surface area contributed by atoms with Crippen LogP contribution in [0.2, 0.25) is 0 Å². The smallest absolute Gasteiger partial charge is 0.0276 e. The van der Waals surface area contributed by atoms with Gasteiger partial charge in [-0.25, -0.2) is 0 Å². The highest BCUT2D eigenvalue weighted by Gasteiger charge is 1.87. The number of hydrogen-bond donors (Lipinski definition) is 0. The molecule has 0 fully saturated rings. The second-order valence-electron chi connectivity index (χ2n) is 3.17. The Kier molecular flexibility index (Phi) is 8.91. The minimum atomic E-state index is 0.657. The van der Waals surface area contributed by atoms with E-state index in [0.29, 0.717) is 5.92 Å². The van der Waals surface area contributed by atoms with E-state index in [-0.39, 0.29) is 0 Å². The Bertz CT molecular complexity index is 128. The van der Waals surface area contributed by atoms with Gasteiger partial charge in [-0.2, -0.15) is 0 Å². The number of allylic oxidation sites excluding steroid dienone is 1. The third-order valence-corrected chi connectivity index (χ3v) is 1.43. The van der Waals surface area contributed by atoms with Crippen LogP contribution in [0.3, 0.4) is 0 Å². The summed E-state index contributed by atoms with van der Waals surface area (Å²) in [6, 6.07) is 0. The van der Waals surface area contributed by atoms with Crippen LogP contribution >= 0.6 is 0 Å². The van der Waals surface area contributed by atoms with Gasteiger partial charge in [0.2, 0.25) is 0 Å². The summed E-state index contributed by atoms with van der Waals surface area (Å²) in [4.78, 5) is 3.81. The lowest BCUT2D eigenvalue weighted by Crippen LogP contribution is -1.83. The molecule has 0 N–H and O–H groups in total. The summed E-state index contributed by atoms with van der Waals surface area (Å²) in [6.45, 7) is 14.0. The first-order valence-electron chi connectivity index (χ1n) is 3.97. The molecule has 0 bridgehead atoms. The molecule has 1 heteroatoms. The maximum absolute atomic E-state index is 3.81. The van der Waals surface area contributed by atoms with Crippen molar-refractivity contribution in [2.24, 2.45) is 10.9 Å². The lowest BCUT2D eigenvalue weighted by atomic mass is 10.1. The summed E-state index contributed by atoms with van der Waals surface area (Å²) in [5.41, 5.74) is 2.39. The number of aliphatic imine (C=N–C) groups is 1. The molecule has 0 radical (unpaired) electrons. The first-order chi connectivity index (χ1) is 4.91. The van der Waals surface area contributed by atoms with Crippen LogP contribution in [0, 0.1) is 5.92 Å². The number of nitrogens with zero attached hydrogens (tertiary/aromatic N) is 1. The van der Waals surface area contributed by atoms with Crippen molar-refractivity contribution in [2.75, 3.05) is 7.05 Å². The zero-order valence-corrected chi connectivity index (χ0v) is 8.73. The third kappa shape index (κ3) is 17.7. The zero-order chi connectivity index (χ0) is 9.44. The zero-order valence-electron chi connectivity index (χ0n) is 8.73. The first kappa shape index (κ1) is 13.0. The Hall–Kier alpha value is -0.590. The van der Waals surface area contributed by atoms with Gasteiger partial charge in [-0.05, 0) is 26.7 Å². The van der Waals surface area contributed by atoms with Crippen molar-refractivity contribution in [3.8, 4) is 0 Å². The van der Waals surface area contributed by atoms with E-state index in [9.17, 15) is 0 Å². The highest BCUT2D eigenvalue weighted by Crippen LogP contribution is 2.02. The largest absolute Gasteiger partial charge is 0.298 e. The summed E-state index contributed by atoms with van der Waals surface area (Å²) < 4.78 is 0. The van der Waals surface area contributed by atoms with Crippen molar-refractivity contribution in [2.45, 2.75) is 34.6 Å². The van der Waals surface area contributed by atoms with Gasteiger partial charge in [0.05, 0.1) is 0 Å². The Morgan fingerprint density at radius 1 is 1.18 bits per heavy atom. The average Bonchev–Trinajstić information content (AvgIpc) is 1.89. The van der Waals surface area contributed by atoms with Crippen molar-refractivity contribution < 1.29 is 0 Å². The topological polar surface area (TPSA) is 12.4 Å². The van der Waals surface area contributed by atoms with Crippen molar-refractivity contribution in [3.05, 3.63) is 12.2 Å². The van der Waals surface area contributed by atoms with Gasteiger partial charge in [0.1, 0.15) is 0 Å². The maximum atomic E-state index is 3.81. The summed E-state index contributed by atoms with van der Waals surface area (Å²) >= 11 is 0. The van der Waals surface area contributed by atoms with E-state index in [0.717, 1.165) is 5.71 Å². The van der Waals surface area contributed by atoms with Gasteiger partial charge in [0, 0.05) is 12.8 Å². The maximum Gasteiger partial charge on any atom is 0.0276 e. The standard InChI is InChI=1S/C6H12.C4H9N/c1-5(2)6(3)4;1-4(2)5-3/h6H,1H2,2-4H3;1-3H3. The van der Waals surface area contributed by atoms with E-state index >= 15 is 0 Å². The second-order valence-corrected chi connectivity index (χ2v) is 3.17. The molecular formula is C10H21N. The van der Waals surface area contributed by atoms with Crippen LogP contribution in [0.4, 0.5) is 0 Å². The molecule has 0 rings (SSSR count). The van der Waals surface area contributed by atoms with E-state index in [1.165, 1.54) is 5.57 Å². The van der Waals surface area contributed by atoms with E-state index in [4.69, 9.17) is 0 Å². The predicted octanol–water partition coefficient (Wildman–Crippen LogP) is 3.32. The first-order valence-corrected chi connectivity index (χ1v) is 3.97. The molecule has 0 saturated heterocycles. The van der Waals surface area contributed by atoms with Crippen molar-refractivity contribution in [1.29, 1.82) is 0 Å². The second kappa shape index (κ2) is 7.52. The van der Waals surface area contributed by atoms with Crippen LogP contribution in [0.15, 0.2) is 17.1 Å². The molecule has 0 amide bonds. The molecule has 0 aromatic rings. The van der Waals surface area contributed by atoms with Crippen molar-refractivity contribution in [1.82, 2.24) is 0 Å². The Morgan fingerprint density at radius 2 is 1.36 bits per heavy atom. The van der Waals surface area contributed by atoms with E-state index in [1.54, 1.807) is 7.05 Å². The predicted molar refractivity (Wildman–Crippen MR) is 54.4 cm³/mol. The highest BCUT2D eigenvalue weighted by molar-refractivity contribution is 5.78. The van der Waals surface area contributed by atoms with Crippen LogP contribution in [-0.2, 0) is 0 Å². The minimum absolute atomic E-state index is 0.657. The highest BCUT2D eigenvalue weighted by atomic mass is 14.7. The quantitative estimate of drug-likeness (QED) is 0.407. The average molecular weight is 155 g/mol. The summed E-state index contributed by atoms with van der Waals surface area (Å²) in [5, 5.41) is 0. The molecule has 0 saturated carbocycles. The molecule has 11 heavy (non-hydrogen) atoms. The fourth-order valence-corrected chi connectivity index (χ4v) is 0. The van der Waals surface area contributed by atoms with E-state index in [1.807, 2.05) is 20.8 Å². The fourth-order valence-electron chi connectivity index (χ4n) is 0. The Morgan fingerprint density at radius 3 is 1.36 bits per heavy atom. The molecule has 0 aliphatic heterocycles. The van der Waals surface area contributed by atoms with E-state index < -0.39 is 0 Å². The fraction of sp³-hybridized carbons (Fsp3) is 0.700. The number of hydrogen-bond acceptors (Lipinski definition) is 1. The van der Waals surface area contributed by atoms with Gasteiger partial charge in [-0.3, -0.25) is 4.99 Å². The van der Waals surface area contributed by atoms with Gasteiger partial charge in [0.15, 0.2) is 0 Å². The van der Waals surface area contributed by atoms with Crippen LogP contribution in [-0.4, -0.2) is 12.8 Å². The molecule has 0 aromatic carbocycles. The van der Waals surface area contributed by atoms with Crippen LogP contribution in [0.25, 0.3) is 0 Å². The Balaban J connectivity index is 0. The molecule has 0 aliphatic carbocycles. The van der Waals surface area contributed by atoms with Gasteiger partial charge < -0.3 is 0 Å². The molecule has 0 atom stereocenters. The van der Waals surface area contributed by atoms with Gasteiger partial charge in [0.25, 0.3) is 0 Å². The van der Waals surface area contributed by atoms with Crippen molar-refractivity contribution >= 4 is 5.71 Å². The van der Waals surface area contributed by atoms with Crippen LogP contribution in [0.1, 0.15) is 34.6 Å². The molecule has 0 spiro atoms. The molecular weight excluding hydrogens is 134 g/mol. The normalized spacial score (nSPS) is 8.27. The Labute approximate surface area is 71.2 Å².